The van der Waals surface area contributed by atoms with E-state index in [1.54, 1.807) is 18.2 Å². The minimum Gasteiger partial charge on any atom is -0.493 e. The Kier molecular flexibility index (Phi) is 14.5. The first-order chi connectivity index (χ1) is 28.4. The summed E-state index contributed by atoms with van der Waals surface area (Å²) in [7, 11) is 4.39. The molecular formula is C48H46O10. The van der Waals surface area contributed by atoms with Crippen LogP contribution in [0.1, 0.15) is 51.0 Å². The maximum absolute atomic E-state index is 15.5. The number of methoxy groups -OCH3 is 3. The summed E-state index contributed by atoms with van der Waals surface area (Å²) in [6, 6.07) is 45.0. The van der Waals surface area contributed by atoms with Gasteiger partial charge in [-0.05, 0) is 28.3 Å². The maximum atomic E-state index is 15.5. The normalized spacial score (nSPS) is 11.4. The van der Waals surface area contributed by atoms with Crippen LogP contribution in [0.4, 0.5) is 0 Å². The van der Waals surface area contributed by atoms with Gasteiger partial charge in [0.05, 0.1) is 7.11 Å². The van der Waals surface area contributed by atoms with Gasteiger partial charge in [0.25, 0.3) is 0 Å². The fourth-order valence-corrected chi connectivity index (χ4v) is 6.32. The molecule has 6 aromatic rings. The van der Waals surface area contributed by atoms with E-state index in [0.717, 1.165) is 22.3 Å². The van der Waals surface area contributed by atoms with Gasteiger partial charge in [-0.2, -0.15) is 0 Å². The summed E-state index contributed by atoms with van der Waals surface area (Å²) >= 11 is 0. The molecule has 298 valence electrons. The number of ether oxygens (including phenoxy) is 8. The molecule has 6 aromatic carbocycles. The van der Waals surface area contributed by atoms with Gasteiger partial charge in [0.1, 0.15) is 60.9 Å². The Balaban J connectivity index is 1.48. The Bertz CT molecular complexity index is 2220. The lowest BCUT2D eigenvalue weighted by Gasteiger charge is -2.28. The molecule has 0 bridgehead atoms. The molecule has 6 rings (SSSR count). The molecule has 0 N–H and O–H groups in total. The van der Waals surface area contributed by atoms with Crippen molar-refractivity contribution < 1.29 is 47.5 Å². The molecule has 58 heavy (non-hydrogen) atoms. The smallest absolute Gasteiger partial charge is 0.308 e. The van der Waals surface area contributed by atoms with Crippen molar-refractivity contribution >= 4 is 11.8 Å². The fraction of sp³-hybridized carbons (Fsp3) is 0.208. The molecule has 0 aromatic heterocycles. The van der Waals surface area contributed by atoms with E-state index < -0.39 is 24.0 Å². The number of benzene rings is 6. The van der Waals surface area contributed by atoms with Gasteiger partial charge >= 0.3 is 5.97 Å². The molecule has 10 nitrogen and oxygen atoms in total. The molecular weight excluding hydrogens is 737 g/mol. The molecule has 0 fully saturated rings. The van der Waals surface area contributed by atoms with Crippen LogP contribution in [0, 0.1) is 0 Å². The van der Waals surface area contributed by atoms with Gasteiger partial charge in [-0.3, -0.25) is 9.59 Å². The molecule has 1 atom stereocenters. The number of carbonyl (C=O) groups is 2. The first kappa shape index (κ1) is 41.0. The minimum atomic E-state index is -1.22. The highest BCUT2D eigenvalue weighted by atomic mass is 16.7. The van der Waals surface area contributed by atoms with E-state index in [-0.39, 0.29) is 43.5 Å². The van der Waals surface area contributed by atoms with Gasteiger partial charge in [0, 0.05) is 44.9 Å². The van der Waals surface area contributed by atoms with Crippen LogP contribution in [0.25, 0.3) is 0 Å². The van der Waals surface area contributed by atoms with Gasteiger partial charge < -0.3 is 37.9 Å². The number of esters is 1. The molecule has 0 spiro atoms. The summed E-state index contributed by atoms with van der Waals surface area (Å²) in [5, 5.41) is 0. The molecule has 0 aliphatic heterocycles. The molecule has 10 heteroatoms. The molecule has 0 saturated carbocycles. The number of carbonyl (C=O) groups excluding carboxylic acids is 2. The Morgan fingerprint density at radius 1 is 0.483 bits per heavy atom. The van der Waals surface area contributed by atoms with Crippen LogP contribution >= 0.6 is 0 Å². The number of ketones is 1. The van der Waals surface area contributed by atoms with Gasteiger partial charge in [0.2, 0.25) is 0 Å². The van der Waals surface area contributed by atoms with Gasteiger partial charge in [-0.25, -0.2) is 0 Å². The Morgan fingerprint density at radius 2 is 0.914 bits per heavy atom. The topological polar surface area (TPSA) is 108 Å². The third kappa shape index (κ3) is 10.8. The lowest BCUT2D eigenvalue weighted by Crippen LogP contribution is -2.31. The second kappa shape index (κ2) is 20.5. The van der Waals surface area contributed by atoms with Crippen molar-refractivity contribution in [3.05, 3.63) is 179 Å². The van der Waals surface area contributed by atoms with Crippen molar-refractivity contribution in [2.45, 2.75) is 45.6 Å². The third-order valence-electron chi connectivity index (χ3n) is 9.15. The predicted molar refractivity (Wildman–Crippen MR) is 219 cm³/mol. The maximum Gasteiger partial charge on any atom is 0.308 e. The molecule has 0 amide bonds. The van der Waals surface area contributed by atoms with Crippen LogP contribution in [0.2, 0.25) is 0 Å². The van der Waals surface area contributed by atoms with Crippen LogP contribution in [0.15, 0.2) is 146 Å². The van der Waals surface area contributed by atoms with Crippen molar-refractivity contribution in [1.82, 2.24) is 0 Å². The van der Waals surface area contributed by atoms with Crippen LogP contribution in [0.3, 0.4) is 0 Å². The predicted octanol–water partition coefficient (Wildman–Crippen LogP) is 9.52. The second-order valence-corrected chi connectivity index (χ2v) is 13.2. The summed E-state index contributed by atoms with van der Waals surface area (Å²) in [5.74, 6) is -1.00. The van der Waals surface area contributed by atoms with Crippen molar-refractivity contribution in [2.75, 3.05) is 21.3 Å². The van der Waals surface area contributed by atoms with Crippen LogP contribution in [0.5, 0.6) is 34.5 Å². The van der Waals surface area contributed by atoms with Crippen LogP contribution in [-0.2, 0) is 40.7 Å². The average molecular weight is 783 g/mol. The molecule has 0 saturated heterocycles. The van der Waals surface area contributed by atoms with E-state index >= 15 is 4.79 Å². The van der Waals surface area contributed by atoms with Gasteiger partial charge in [-0.1, -0.05) is 121 Å². The summed E-state index contributed by atoms with van der Waals surface area (Å²) < 4.78 is 48.7. The average Bonchev–Trinajstić information content (AvgIpc) is 3.26. The lowest BCUT2D eigenvalue weighted by molar-refractivity contribution is -0.131. The van der Waals surface area contributed by atoms with Crippen LogP contribution in [-0.4, -0.2) is 39.4 Å². The Morgan fingerprint density at radius 3 is 1.36 bits per heavy atom. The van der Waals surface area contributed by atoms with Crippen LogP contribution < -0.4 is 28.4 Å². The first-order valence-corrected chi connectivity index (χ1v) is 18.7. The van der Waals surface area contributed by atoms with E-state index in [9.17, 15) is 4.79 Å². The summed E-state index contributed by atoms with van der Waals surface area (Å²) in [5.41, 5.74) is 3.95. The largest absolute Gasteiger partial charge is 0.493 e. The SMILES string of the molecule is COc1cc(C(C(=O)c2c(OCc3ccccc3)cc(OCc3ccccc3)cc2OC(C)=O)C(OC)OC)c(OCc2ccccc2)cc1OCc1ccccc1. The first-order valence-electron chi connectivity index (χ1n) is 18.7. The summed E-state index contributed by atoms with van der Waals surface area (Å²) in [6.07, 6.45) is -1.16. The van der Waals surface area contributed by atoms with Gasteiger partial charge in [-0.15, -0.1) is 0 Å². The zero-order valence-electron chi connectivity index (χ0n) is 32.9. The highest BCUT2D eigenvalue weighted by Gasteiger charge is 2.38. The number of hydrogen-bond acceptors (Lipinski definition) is 10. The molecule has 0 aliphatic rings. The fourth-order valence-electron chi connectivity index (χ4n) is 6.32. The molecule has 0 aliphatic carbocycles. The summed E-state index contributed by atoms with van der Waals surface area (Å²) in [4.78, 5) is 28.2. The zero-order valence-corrected chi connectivity index (χ0v) is 32.9. The number of hydrogen-bond donors (Lipinski definition) is 0. The number of rotatable bonds is 20. The van der Waals surface area contributed by atoms with Gasteiger partial charge in [0.15, 0.2) is 23.6 Å². The van der Waals surface area contributed by atoms with E-state index in [2.05, 4.69) is 0 Å². The standard InChI is InChI=1S/C48H46O10/c1-33(49)58-44-26-38(54-29-34-17-9-5-10-18-34)25-43(57-32-37-23-15-8-16-24-37)46(44)47(50)45(48(52-3)53-4)39-27-41(51-2)42(56-31-36-21-13-7-14-22-36)28-40(39)55-30-35-19-11-6-12-20-35/h5-28,45,48H,29-32H2,1-4H3. The lowest BCUT2D eigenvalue weighted by atomic mass is 9.87. The van der Waals surface area contributed by atoms with Crippen molar-refractivity contribution in [3.8, 4) is 34.5 Å². The molecule has 0 heterocycles. The quantitative estimate of drug-likeness (QED) is 0.0322. The zero-order chi connectivity index (χ0) is 40.7. The third-order valence-corrected chi connectivity index (χ3v) is 9.15. The minimum absolute atomic E-state index is 0.0281. The van der Waals surface area contributed by atoms with E-state index in [4.69, 9.17) is 37.9 Å². The highest BCUT2D eigenvalue weighted by Crippen LogP contribution is 2.45. The van der Waals surface area contributed by atoms with Crippen molar-refractivity contribution in [1.29, 1.82) is 0 Å². The van der Waals surface area contributed by atoms with Crippen molar-refractivity contribution in [3.63, 3.8) is 0 Å². The molecule has 1 unspecified atom stereocenters. The van der Waals surface area contributed by atoms with Crippen molar-refractivity contribution in [2.24, 2.45) is 0 Å². The Labute approximate surface area is 338 Å². The monoisotopic (exact) mass is 782 g/mol. The van der Waals surface area contributed by atoms with E-state index in [1.165, 1.54) is 34.3 Å². The van der Waals surface area contributed by atoms with E-state index in [0.29, 0.717) is 28.6 Å². The summed E-state index contributed by atoms with van der Waals surface area (Å²) in [6.45, 7) is 1.99. The number of Topliss-reactive ketones (excluding diaryl/α,β-unsaturated/α-hetero) is 1. The second-order valence-electron chi connectivity index (χ2n) is 13.2. The van der Waals surface area contributed by atoms with E-state index in [1.807, 2.05) is 121 Å². The highest BCUT2D eigenvalue weighted by molar-refractivity contribution is 6.07. The Hall–Kier alpha value is -6.62. The molecule has 0 radical (unpaired) electrons.